The van der Waals surface area contributed by atoms with Crippen LogP contribution in [0.1, 0.15) is 52.9 Å². The number of rotatable bonds is 2. The fourth-order valence-electron chi connectivity index (χ4n) is 3.35. The van der Waals surface area contributed by atoms with Gasteiger partial charge in [-0.3, -0.25) is 4.90 Å². The molecule has 0 radical (unpaired) electrons. The van der Waals surface area contributed by atoms with Gasteiger partial charge in [-0.1, -0.05) is 45.3 Å². The van der Waals surface area contributed by atoms with E-state index in [1.165, 1.54) is 45.2 Å². The lowest BCUT2D eigenvalue weighted by atomic mass is 9.82. The van der Waals surface area contributed by atoms with Crippen LogP contribution in [-0.4, -0.2) is 30.6 Å². The molecule has 0 aromatic heterocycles. The summed E-state index contributed by atoms with van der Waals surface area (Å²) < 4.78 is 0. The van der Waals surface area contributed by atoms with Gasteiger partial charge in [0.05, 0.1) is 0 Å². The van der Waals surface area contributed by atoms with E-state index >= 15 is 0 Å². The Morgan fingerprint density at radius 1 is 1.28 bits per heavy atom. The molecule has 0 bridgehead atoms. The van der Waals surface area contributed by atoms with Crippen molar-refractivity contribution >= 4 is 0 Å². The van der Waals surface area contributed by atoms with Crippen LogP contribution in [-0.2, 0) is 0 Å². The first kappa shape index (κ1) is 14.1. The molecule has 1 saturated carbocycles. The fraction of sp³-hybridized carbons (Fsp3) is 0.875. The maximum absolute atomic E-state index is 6.25. The summed E-state index contributed by atoms with van der Waals surface area (Å²) in [7, 11) is 0. The highest BCUT2D eigenvalue weighted by Gasteiger charge is 2.26. The third kappa shape index (κ3) is 3.58. The number of nitrogens with zero attached hydrogens (tertiary/aromatic N) is 1. The van der Waals surface area contributed by atoms with Crippen LogP contribution in [0.5, 0.6) is 0 Å². The van der Waals surface area contributed by atoms with Crippen LogP contribution in [0.2, 0.25) is 0 Å². The molecule has 2 unspecified atom stereocenters. The van der Waals surface area contributed by atoms with Crippen LogP contribution in [0.25, 0.3) is 0 Å². The molecule has 104 valence electrons. The van der Waals surface area contributed by atoms with Crippen LogP contribution in [0.15, 0.2) is 11.6 Å². The van der Waals surface area contributed by atoms with Crippen LogP contribution in [0.4, 0.5) is 0 Å². The molecule has 1 heterocycles. The number of hydrogen-bond donors (Lipinski definition) is 1. The zero-order valence-electron chi connectivity index (χ0n) is 12.4. The largest absolute Gasteiger partial charge is 0.327 e. The third-order valence-corrected chi connectivity index (χ3v) is 4.72. The molecule has 1 aliphatic carbocycles. The first-order valence-electron chi connectivity index (χ1n) is 7.64. The van der Waals surface area contributed by atoms with Gasteiger partial charge in [-0.05, 0) is 30.6 Å². The monoisotopic (exact) mass is 250 g/mol. The Morgan fingerprint density at radius 3 is 2.56 bits per heavy atom. The molecule has 1 fully saturated rings. The Labute approximate surface area is 113 Å². The van der Waals surface area contributed by atoms with E-state index in [0.29, 0.717) is 11.5 Å². The van der Waals surface area contributed by atoms with Crippen molar-refractivity contribution in [3.05, 3.63) is 11.6 Å². The number of nitrogens with two attached hydrogens (primary N) is 1. The minimum absolute atomic E-state index is 0.354. The molecule has 1 aliphatic heterocycles. The lowest BCUT2D eigenvalue weighted by Crippen LogP contribution is -2.43. The Hall–Kier alpha value is -0.340. The van der Waals surface area contributed by atoms with E-state index in [4.69, 9.17) is 5.73 Å². The minimum atomic E-state index is 0.354. The van der Waals surface area contributed by atoms with Gasteiger partial charge >= 0.3 is 0 Å². The van der Waals surface area contributed by atoms with E-state index in [9.17, 15) is 0 Å². The molecule has 0 aromatic rings. The smallest absolute Gasteiger partial charge is 0.0166 e. The van der Waals surface area contributed by atoms with Crippen LogP contribution >= 0.6 is 0 Å². The van der Waals surface area contributed by atoms with Crippen molar-refractivity contribution in [1.82, 2.24) is 4.90 Å². The summed E-state index contributed by atoms with van der Waals surface area (Å²) >= 11 is 0. The highest BCUT2D eigenvalue weighted by atomic mass is 15.1. The van der Waals surface area contributed by atoms with Gasteiger partial charge in [-0.25, -0.2) is 0 Å². The summed E-state index contributed by atoms with van der Waals surface area (Å²) in [6, 6.07) is 0.451. The first-order chi connectivity index (χ1) is 8.47. The molecule has 2 N–H and O–H groups in total. The van der Waals surface area contributed by atoms with Gasteiger partial charge in [0.25, 0.3) is 0 Å². The lowest BCUT2D eigenvalue weighted by molar-refractivity contribution is 0.189. The van der Waals surface area contributed by atoms with Gasteiger partial charge < -0.3 is 5.73 Å². The maximum atomic E-state index is 6.25. The van der Waals surface area contributed by atoms with Gasteiger partial charge in [-0.2, -0.15) is 0 Å². The van der Waals surface area contributed by atoms with Crippen molar-refractivity contribution in [1.29, 1.82) is 0 Å². The molecule has 0 saturated heterocycles. The second-order valence-corrected chi connectivity index (χ2v) is 7.20. The molecule has 2 nitrogen and oxygen atoms in total. The lowest BCUT2D eigenvalue weighted by Gasteiger charge is -2.37. The molecular formula is C16H30N2. The molecule has 18 heavy (non-hydrogen) atoms. The van der Waals surface area contributed by atoms with E-state index < -0.39 is 0 Å². The third-order valence-electron chi connectivity index (χ3n) is 4.72. The van der Waals surface area contributed by atoms with Crippen molar-refractivity contribution < 1.29 is 0 Å². The molecular weight excluding hydrogens is 220 g/mol. The SMILES string of the molecule is CC(C)(C)C1=CCN(CC2CCCCC2N)CC1. The average molecular weight is 250 g/mol. The number of hydrogen-bond acceptors (Lipinski definition) is 2. The standard InChI is InChI=1S/C16H30N2/c1-16(2,3)14-8-10-18(11-9-14)12-13-6-4-5-7-15(13)17/h8,13,15H,4-7,9-12,17H2,1-3H3. The van der Waals surface area contributed by atoms with Crippen molar-refractivity contribution in [2.45, 2.75) is 58.9 Å². The van der Waals surface area contributed by atoms with Gasteiger partial charge in [0.2, 0.25) is 0 Å². The predicted molar refractivity (Wildman–Crippen MR) is 78.5 cm³/mol. The Bertz CT molecular complexity index is 301. The predicted octanol–water partition coefficient (Wildman–Crippen LogP) is 3.18. The highest BCUT2D eigenvalue weighted by molar-refractivity contribution is 5.14. The van der Waals surface area contributed by atoms with E-state index in [-0.39, 0.29) is 0 Å². The maximum Gasteiger partial charge on any atom is 0.0166 e. The first-order valence-corrected chi connectivity index (χ1v) is 7.64. The highest BCUT2D eigenvalue weighted by Crippen LogP contribution is 2.31. The van der Waals surface area contributed by atoms with Gasteiger partial charge in [-0.15, -0.1) is 0 Å². The second kappa shape index (κ2) is 5.75. The zero-order chi connectivity index (χ0) is 13.2. The fourth-order valence-corrected chi connectivity index (χ4v) is 3.35. The quantitative estimate of drug-likeness (QED) is 0.763. The van der Waals surface area contributed by atoms with Crippen LogP contribution in [0, 0.1) is 11.3 Å². The summed E-state index contributed by atoms with van der Waals surface area (Å²) in [5, 5.41) is 0. The average Bonchev–Trinajstić information content (AvgIpc) is 2.32. The van der Waals surface area contributed by atoms with Crippen molar-refractivity contribution in [3.63, 3.8) is 0 Å². The second-order valence-electron chi connectivity index (χ2n) is 7.20. The van der Waals surface area contributed by atoms with Gasteiger partial charge in [0, 0.05) is 25.7 Å². The van der Waals surface area contributed by atoms with Crippen molar-refractivity contribution in [2.75, 3.05) is 19.6 Å². The summed E-state index contributed by atoms with van der Waals surface area (Å²) in [5.41, 5.74) is 8.24. The summed E-state index contributed by atoms with van der Waals surface area (Å²) in [6.07, 6.45) is 9.00. The van der Waals surface area contributed by atoms with Gasteiger partial charge in [0.1, 0.15) is 0 Å². The van der Waals surface area contributed by atoms with Crippen LogP contribution in [0.3, 0.4) is 0 Å². The molecule has 0 amide bonds. The van der Waals surface area contributed by atoms with E-state index in [1.807, 2.05) is 0 Å². The molecule has 0 spiro atoms. The summed E-state index contributed by atoms with van der Waals surface area (Å²) in [6.45, 7) is 10.6. The van der Waals surface area contributed by atoms with Crippen LogP contribution < -0.4 is 5.73 Å². The molecule has 0 aromatic carbocycles. The van der Waals surface area contributed by atoms with Crippen molar-refractivity contribution in [2.24, 2.45) is 17.1 Å². The molecule has 2 aliphatic rings. The van der Waals surface area contributed by atoms with Crippen molar-refractivity contribution in [3.8, 4) is 0 Å². The zero-order valence-corrected chi connectivity index (χ0v) is 12.4. The summed E-state index contributed by atoms with van der Waals surface area (Å²) in [5.74, 6) is 0.739. The molecule has 2 rings (SSSR count). The van der Waals surface area contributed by atoms with E-state index in [1.54, 1.807) is 5.57 Å². The molecule has 2 heteroatoms. The molecule has 2 atom stereocenters. The van der Waals surface area contributed by atoms with E-state index in [2.05, 4.69) is 31.7 Å². The normalized spacial score (nSPS) is 31.2. The van der Waals surface area contributed by atoms with Gasteiger partial charge in [0.15, 0.2) is 0 Å². The van der Waals surface area contributed by atoms with E-state index in [0.717, 1.165) is 12.5 Å². The topological polar surface area (TPSA) is 29.3 Å². The summed E-state index contributed by atoms with van der Waals surface area (Å²) in [4.78, 5) is 2.60. The Kier molecular flexibility index (Phi) is 4.50. The Balaban J connectivity index is 1.84. The minimum Gasteiger partial charge on any atom is -0.327 e. The Morgan fingerprint density at radius 2 is 2.00 bits per heavy atom.